The Morgan fingerprint density at radius 1 is 1.04 bits per heavy atom. The van der Waals surface area contributed by atoms with Gasteiger partial charge in [-0.3, -0.25) is 9.78 Å². The number of aromatic nitrogens is 1. The van der Waals surface area contributed by atoms with Gasteiger partial charge in [0.2, 0.25) is 5.78 Å². The molecule has 4 nitrogen and oxygen atoms in total. The van der Waals surface area contributed by atoms with Crippen molar-refractivity contribution in [1.82, 2.24) is 4.98 Å². The minimum absolute atomic E-state index is 0.224. The van der Waals surface area contributed by atoms with Gasteiger partial charge in [-0.2, -0.15) is 0 Å². The van der Waals surface area contributed by atoms with Gasteiger partial charge in [-0.25, -0.2) is 4.79 Å². The Morgan fingerprint density at radius 3 is 2.54 bits per heavy atom. The maximum atomic E-state index is 12.3. The molecule has 1 atom stereocenters. The van der Waals surface area contributed by atoms with Gasteiger partial charge >= 0.3 is 5.97 Å². The lowest BCUT2D eigenvalue weighted by molar-refractivity contribution is -0.140. The molecule has 0 saturated heterocycles. The standard InChI is InChI=1S/C22H19NO3/c1-15-8-10-19(11-9-15)22(25)16(2)26-20(24)13-12-18-6-3-5-17-7-4-14-23-21(17)18/h3-14,16H,1-2H3/b13-12+. The Balaban J connectivity index is 1.68. The fourth-order valence-corrected chi connectivity index (χ4v) is 2.64. The van der Waals surface area contributed by atoms with Crippen LogP contribution >= 0.6 is 0 Å². The van der Waals surface area contributed by atoms with Gasteiger partial charge in [0.15, 0.2) is 6.10 Å². The summed E-state index contributed by atoms with van der Waals surface area (Å²) in [5.41, 5.74) is 3.22. The number of aryl methyl sites for hydroxylation is 1. The normalized spacial score (nSPS) is 12.2. The fraction of sp³-hybridized carbons (Fsp3) is 0.136. The maximum absolute atomic E-state index is 12.3. The summed E-state index contributed by atoms with van der Waals surface area (Å²) in [4.78, 5) is 28.7. The second-order valence-corrected chi connectivity index (χ2v) is 6.07. The van der Waals surface area contributed by atoms with Crippen molar-refractivity contribution in [2.75, 3.05) is 0 Å². The molecular weight excluding hydrogens is 326 g/mol. The molecule has 0 aliphatic carbocycles. The van der Waals surface area contributed by atoms with Crippen molar-refractivity contribution in [1.29, 1.82) is 0 Å². The van der Waals surface area contributed by atoms with E-state index < -0.39 is 12.1 Å². The van der Waals surface area contributed by atoms with Gasteiger partial charge in [-0.15, -0.1) is 0 Å². The number of benzene rings is 2. The fourth-order valence-electron chi connectivity index (χ4n) is 2.64. The molecule has 0 radical (unpaired) electrons. The van der Waals surface area contributed by atoms with E-state index in [0.29, 0.717) is 5.56 Å². The molecule has 4 heteroatoms. The molecule has 1 heterocycles. The average molecular weight is 345 g/mol. The Labute approximate surface area is 152 Å². The van der Waals surface area contributed by atoms with Gasteiger partial charge < -0.3 is 4.74 Å². The second-order valence-electron chi connectivity index (χ2n) is 6.07. The number of pyridine rings is 1. The van der Waals surface area contributed by atoms with Gasteiger partial charge in [0, 0.05) is 28.8 Å². The number of esters is 1. The number of ether oxygens (including phenoxy) is 1. The minimum Gasteiger partial charge on any atom is -0.451 e. The average Bonchev–Trinajstić information content (AvgIpc) is 2.66. The van der Waals surface area contributed by atoms with Gasteiger partial charge in [0.1, 0.15) is 0 Å². The van der Waals surface area contributed by atoms with Crippen LogP contribution in [0.3, 0.4) is 0 Å². The largest absolute Gasteiger partial charge is 0.451 e. The molecule has 0 saturated carbocycles. The molecule has 3 rings (SSSR count). The topological polar surface area (TPSA) is 56.3 Å². The quantitative estimate of drug-likeness (QED) is 0.391. The van der Waals surface area contributed by atoms with Crippen molar-refractivity contribution in [2.24, 2.45) is 0 Å². The van der Waals surface area contributed by atoms with E-state index >= 15 is 0 Å². The van der Waals surface area contributed by atoms with Crippen LogP contribution in [-0.4, -0.2) is 22.8 Å². The summed E-state index contributed by atoms with van der Waals surface area (Å²) in [6, 6.07) is 16.7. The van der Waals surface area contributed by atoms with Crippen molar-refractivity contribution < 1.29 is 14.3 Å². The first-order valence-corrected chi connectivity index (χ1v) is 8.38. The number of rotatable bonds is 5. The molecule has 0 aliphatic rings. The Hall–Kier alpha value is -3.27. The zero-order chi connectivity index (χ0) is 18.5. The van der Waals surface area contributed by atoms with Crippen LogP contribution < -0.4 is 0 Å². The van der Waals surface area contributed by atoms with Crippen molar-refractivity contribution in [3.05, 3.63) is 83.6 Å². The molecule has 26 heavy (non-hydrogen) atoms. The van der Waals surface area contributed by atoms with Crippen LogP contribution in [0.1, 0.15) is 28.4 Å². The highest BCUT2D eigenvalue weighted by Gasteiger charge is 2.18. The third-order valence-corrected chi connectivity index (χ3v) is 4.06. The summed E-state index contributed by atoms with van der Waals surface area (Å²) in [6.07, 6.45) is 3.84. The van der Waals surface area contributed by atoms with Crippen molar-refractivity contribution in [3.63, 3.8) is 0 Å². The van der Waals surface area contributed by atoms with E-state index in [9.17, 15) is 9.59 Å². The number of nitrogens with zero attached hydrogens (tertiary/aromatic N) is 1. The van der Waals surface area contributed by atoms with E-state index in [1.807, 2.05) is 49.4 Å². The second kappa shape index (κ2) is 7.74. The number of hydrogen-bond donors (Lipinski definition) is 0. The number of ketones is 1. The molecule has 0 aliphatic heterocycles. The molecule has 0 bridgehead atoms. The summed E-state index contributed by atoms with van der Waals surface area (Å²) >= 11 is 0. The molecule has 0 N–H and O–H groups in total. The Bertz CT molecular complexity index is 969. The summed E-state index contributed by atoms with van der Waals surface area (Å²) in [6.45, 7) is 3.53. The zero-order valence-corrected chi connectivity index (χ0v) is 14.7. The zero-order valence-electron chi connectivity index (χ0n) is 14.7. The van der Waals surface area contributed by atoms with Crippen molar-refractivity contribution in [2.45, 2.75) is 20.0 Å². The highest BCUT2D eigenvalue weighted by atomic mass is 16.5. The molecule has 0 spiro atoms. The number of fused-ring (bicyclic) bond motifs is 1. The molecular formula is C22H19NO3. The number of carbonyl (C=O) groups is 2. The lowest BCUT2D eigenvalue weighted by Gasteiger charge is -2.11. The Morgan fingerprint density at radius 2 is 1.77 bits per heavy atom. The smallest absolute Gasteiger partial charge is 0.331 e. The lowest BCUT2D eigenvalue weighted by atomic mass is 10.1. The van der Waals surface area contributed by atoms with Crippen LogP contribution in [0.4, 0.5) is 0 Å². The van der Waals surface area contributed by atoms with Crippen LogP contribution in [0.15, 0.2) is 66.9 Å². The van der Waals surface area contributed by atoms with Crippen LogP contribution in [0.25, 0.3) is 17.0 Å². The van der Waals surface area contributed by atoms with E-state index in [0.717, 1.165) is 22.0 Å². The third-order valence-electron chi connectivity index (χ3n) is 4.06. The Kier molecular flexibility index (Phi) is 5.23. The lowest BCUT2D eigenvalue weighted by Crippen LogP contribution is -2.23. The molecule has 130 valence electrons. The van der Waals surface area contributed by atoms with Crippen molar-refractivity contribution in [3.8, 4) is 0 Å². The predicted octanol–water partition coefficient (Wildman–Crippen LogP) is 4.37. The number of Topliss-reactive ketones (excluding diaryl/α,β-unsaturated/α-hetero) is 1. The van der Waals surface area contributed by atoms with E-state index in [1.165, 1.54) is 6.08 Å². The highest BCUT2D eigenvalue weighted by Crippen LogP contribution is 2.17. The molecule has 1 aromatic heterocycles. The first-order valence-electron chi connectivity index (χ1n) is 8.38. The maximum Gasteiger partial charge on any atom is 0.331 e. The van der Waals surface area contributed by atoms with Crippen LogP contribution in [0.2, 0.25) is 0 Å². The van der Waals surface area contributed by atoms with Crippen LogP contribution in [0.5, 0.6) is 0 Å². The van der Waals surface area contributed by atoms with Gasteiger partial charge in [-0.05, 0) is 26.0 Å². The summed E-state index contributed by atoms with van der Waals surface area (Å²) in [7, 11) is 0. The van der Waals surface area contributed by atoms with Gasteiger partial charge in [0.05, 0.1) is 5.52 Å². The SMILES string of the molecule is Cc1ccc(C(=O)C(C)OC(=O)/C=C/c2cccc3cccnc23)cc1. The van der Waals surface area contributed by atoms with Crippen LogP contribution in [-0.2, 0) is 9.53 Å². The van der Waals surface area contributed by atoms with Crippen LogP contribution in [0, 0.1) is 6.92 Å². The molecule has 2 aromatic carbocycles. The molecule has 1 unspecified atom stereocenters. The first kappa shape index (κ1) is 17.5. The molecule has 0 fully saturated rings. The summed E-state index contributed by atoms with van der Waals surface area (Å²) in [5, 5.41) is 0.992. The highest BCUT2D eigenvalue weighted by molar-refractivity contribution is 6.01. The number of carbonyl (C=O) groups excluding carboxylic acids is 2. The summed E-state index contributed by atoms with van der Waals surface area (Å²) in [5.74, 6) is -0.788. The number of para-hydroxylation sites is 1. The monoisotopic (exact) mass is 345 g/mol. The van der Waals surface area contributed by atoms with Gasteiger partial charge in [-0.1, -0.05) is 54.1 Å². The third kappa shape index (κ3) is 4.03. The van der Waals surface area contributed by atoms with Gasteiger partial charge in [0.25, 0.3) is 0 Å². The minimum atomic E-state index is -0.847. The summed E-state index contributed by atoms with van der Waals surface area (Å²) < 4.78 is 5.23. The predicted molar refractivity (Wildman–Crippen MR) is 102 cm³/mol. The molecule has 3 aromatic rings. The van der Waals surface area contributed by atoms with E-state index in [-0.39, 0.29) is 5.78 Å². The molecule has 0 amide bonds. The first-order chi connectivity index (χ1) is 12.5. The van der Waals surface area contributed by atoms with E-state index in [1.54, 1.807) is 31.3 Å². The van der Waals surface area contributed by atoms with E-state index in [4.69, 9.17) is 4.74 Å². The van der Waals surface area contributed by atoms with E-state index in [2.05, 4.69) is 4.98 Å². The number of hydrogen-bond acceptors (Lipinski definition) is 4. The van der Waals surface area contributed by atoms with Crippen molar-refractivity contribution >= 4 is 28.7 Å².